The Kier molecular flexibility index (Phi) is 2.11. The van der Waals surface area contributed by atoms with E-state index in [0.717, 1.165) is 17.4 Å². The van der Waals surface area contributed by atoms with Crippen LogP contribution in [-0.4, -0.2) is 18.1 Å². The molecule has 1 fully saturated rings. The Bertz CT molecular complexity index is 242. The first-order chi connectivity index (χ1) is 5.36. The van der Waals surface area contributed by atoms with E-state index in [2.05, 4.69) is 10.3 Å². The Labute approximate surface area is 74.6 Å². The maximum Gasteiger partial charge on any atom is 0.113 e. The zero-order valence-corrected chi connectivity index (χ0v) is 7.58. The predicted octanol–water partition coefficient (Wildman–Crippen LogP) is 1.87. The number of aromatic nitrogens is 1. The minimum atomic E-state index is 0.604. The van der Waals surface area contributed by atoms with Crippen LogP contribution in [0.25, 0.3) is 0 Å². The molecular formula is C7H9ClN2S. The number of rotatable bonds is 1. The van der Waals surface area contributed by atoms with Crippen LogP contribution in [0.15, 0.2) is 6.20 Å². The molecule has 0 radical (unpaired) electrons. The molecule has 1 unspecified atom stereocenters. The minimum Gasteiger partial charge on any atom is -0.316 e. The Morgan fingerprint density at radius 3 is 3.18 bits per heavy atom. The van der Waals surface area contributed by atoms with Gasteiger partial charge in [0.15, 0.2) is 0 Å². The third kappa shape index (κ3) is 1.55. The summed E-state index contributed by atoms with van der Waals surface area (Å²) in [5.41, 5.74) is 0. The molecule has 0 aromatic carbocycles. The maximum absolute atomic E-state index is 5.77. The van der Waals surface area contributed by atoms with Crippen LogP contribution < -0.4 is 5.32 Å². The lowest BCUT2D eigenvalue weighted by Gasteiger charge is -2.00. The fraction of sp³-hybridized carbons (Fsp3) is 0.571. The fourth-order valence-corrected chi connectivity index (χ4v) is 2.39. The summed E-state index contributed by atoms with van der Waals surface area (Å²) in [6.45, 7) is 2.17. The molecule has 1 saturated heterocycles. The van der Waals surface area contributed by atoms with Crippen LogP contribution in [0.3, 0.4) is 0 Å². The van der Waals surface area contributed by atoms with Gasteiger partial charge >= 0.3 is 0 Å². The van der Waals surface area contributed by atoms with Crippen LogP contribution in [0.4, 0.5) is 0 Å². The average Bonchev–Trinajstić information content (AvgIpc) is 2.55. The molecule has 2 rings (SSSR count). The first kappa shape index (κ1) is 7.53. The molecule has 1 aromatic heterocycles. The topological polar surface area (TPSA) is 24.9 Å². The van der Waals surface area contributed by atoms with Crippen molar-refractivity contribution < 1.29 is 0 Å². The second-order valence-electron chi connectivity index (χ2n) is 2.69. The fourth-order valence-electron chi connectivity index (χ4n) is 1.32. The maximum atomic E-state index is 5.77. The van der Waals surface area contributed by atoms with Gasteiger partial charge in [-0.3, -0.25) is 0 Å². The van der Waals surface area contributed by atoms with E-state index in [1.807, 2.05) is 0 Å². The van der Waals surface area contributed by atoms with Crippen molar-refractivity contribution in [3.05, 3.63) is 15.5 Å². The van der Waals surface area contributed by atoms with E-state index in [-0.39, 0.29) is 0 Å². The number of hydrogen-bond acceptors (Lipinski definition) is 3. The summed E-state index contributed by atoms with van der Waals surface area (Å²) in [5.74, 6) is 0.604. The van der Waals surface area contributed by atoms with Gasteiger partial charge in [0.05, 0.1) is 11.2 Å². The monoisotopic (exact) mass is 188 g/mol. The van der Waals surface area contributed by atoms with Gasteiger partial charge in [0, 0.05) is 12.5 Å². The van der Waals surface area contributed by atoms with E-state index in [4.69, 9.17) is 11.6 Å². The van der Waals surface area contributed by atoms with Crippen LogP contribution in [0.2, 0.25) is 4.34 Å². The number of thiazole rings is 1. The van der Waals surface area contributed by atoms with Crippen molar-refractivity contribution in [2.24, 2.45) is 0 Å². The molecular weight excluding hydrogens is 180 g/mol. The molecule has 4 heteroatoms. The summed E-state index contributed by atoms with van der Waals surface area (Å²) in [6.07, 6.45) is 2.93. The van der Waals surface area contributed by atoms with Crippen molar-refractivity contribution in [3.8, 4) is 0 Å². The first-order valence-corrected chi connectivity index (χ1v) is 4.87. The summed E-state index contributed by atoms with van der Waals surface area (Å²) >= 11 is 7.37. The van der Waals surface area contributed by atoms with Crippen LogP contribution in [0, 0.1) is 0 Å². The molecule has 0 saturated carbocycles. The smallest absolute Gasteiger partial charge is 0.113 e. The molecule has 2 nitrogen and oxygen atoms in total. The van der Waals surface area contributed by atoms with E-state index in [1.54, 1.807) is 17.5 Å². The standard InChI is InChI=1S/C7H9ClN2S/c8-6-4-10-7(11-6)5-1-2-9-3-5/h4-5,9H,1-3H2. The summed E-state index contributed by atoms with van der Waals surface area (Å²) in [6, 6.07) is 0. The SMILES string of the molecule is Clc1cnc(C2CCNC2)s1. The van der Waals surface area contributed by atoms with Gasteiger partial charge in [0.1, 0.15) is 4.34 Å². The summed E-state index contributed by atoms with van der Waals surface area (Å²) in [5, 5.41) is 4.48. The van der Waals surface area contributed by atoms with Gasteiger partial charge in [-0.05, 0) is 13.0 Å². The van der Waals surface area contributed by atoms with E-state index in [1.165, 1.54) is 11.4 Å². The lowest BCUT2D eigenvalue weighted by Crippen LogP contribution is -2.07. The highest BCUT2D eigenvalue weighted by molar-refractivity contribution is 7.15. The molecule has 1 atom stereocenters. The van der Waals surface area contributed by atoms with Gasteiger partial charge in [-0.15, -0.1) is 11.3 Å². The third-order valence-corrected chi connectivity index (χ3v) is 3.18. The zero-order chi connectivity index (χ0) is 7.68. The van der Waals surface area contributed by atoms with Crippen LogP contribution >= 0.6 is 22.9 Å². The Morgan fingerprint density at radius 2 is 2.64 bits per heavy atom. The van der Waals surface area contributed by atoms with Gasteiger partial charge < -0.3 is 5.32 Å². The molecule has 1 aromatic rings. The number of nitrogens with zero attached hydrogens (tertiary/aromatic N) is 1. The molecule has 1 N–H and O–H groups in total. The number of halogens is 1. The molecule has 2 heterocycles. The van der Waals surface area contributed by atoms with E-state index < -0.39 is 0 Å². The van der Waals surface area contributed by atoms with Crippen molar-refractivity contribution in [1.82, 2.24) is 10.3 Å². The molecule has 11 heavy (non-hydrogen) atoms. The van der Waals surface area contributed by atoms with Crippen LogP contribution in [0.5, 0.6) is 0 Å². The summed E-state index contributed by atoms with van der Waals surface area (Å²) in [4.78, 5) is 4.24. The van der Waals surface area contributed by atoms with E-state index in [9.17, 15) is 0 Å². The lowest BCUT2D eigenvalue weighted by molar-refractivity contribution is 0.755. The first-order valence-electron chi connectivity index (χ1n) is 3.68. The highest BCUT2D eigenvalue weighted by Gasteiger charge is 2.19. The van der Waals surface area contributed by atoms with Gasteiger partial charge in [-0.1, -0.05) is 11.6 Å². The quantitative estimate of drug-likeness (QED) is 0.728. The largest absolute Gasteiger partial charge is 0.316 e. The number of hydrogen-bond donors (Lipinski definition) is 1. The van der Waals surface area contributed by atoms with Crippen molar-refractivity contribution in [2.45, 2.75) is 12.3 Å². The Hall–Kier alpha value is -0.120. The van der Waals surface area contributed by atoms with Crippen molar-refractivity contribution in [1.29, 1.82) is 0 Å². The van der Waals surface area contributed by atoms with Crippen LogP contribution in [0.1, 0.15) is 17.3 Å². The highest BCUT2D eigenvalue weighted by Crippen LogP contribution is 2.28. The molecule has 0 amide bonds. The van der Waals surface area contributed by atoms with Gasteiger partial charge in [0.25, 0.3) is 0 Å². The van der Waals surface area contributed by atoms with E-state index in [0.29, 0.717) is 5.92 Å². The predicted molar refractivity (Wildman–Crippen MR) is 47.4 cm³/mol. The summed E-state index contributed by atoms with van der Waals surface area (Å²) < 4.78 is 0.798. The molecule has 0 bridgehead atoms. The molecule has 60 valence electrons. The molecule has 0 aliphatic carbocycles. The van der Waals surface area contributed by atoms with Gasteiger partial charge in [-0.2, -0.15) is 0 Å². The molecule has 1 aliphatic heterocycles. The molecule has 1 aliphatic rings. The average molecular weight is 189 g/mol. The normalized spacial score (nSPS) is 24.3. The van der Waals surface area contributed by atoms with Gasteiger partial charge in [-0.25, -0.2) is 4.98 Å². The lowest BCUT2D eigenvalue weighted by atomic mass is 10.1. The molecule has 0 spiro atoms. The van der Waals surface area contributed by atoms with Gasteiger partial charge in [0.2, 0.25) is 0 Å². The van der Waals surface area contributed by atoms with Crippen LogP contribution in [-0.2, 0) is 0 Å². The minimum absolute atomic E-state index is 0.604. The second kappa shape index (κ2) is 3.09. The third-order valence-electron chi connectivity index (χ3n) is 1.90. The number of nitrogens with one attached hydrogen (secondary N) is 1. The summed E-state index contributed by atoms with van der Waals surface area (Å²) in [7, 11) is 0. The highest BCUT2D eigenvalue weighted by atomic mass is 35.5. The Morgan fingerprint density at radius 1 is 1.73 bits per heavy atom. The van der Waals surface area contributed by atoms with Crippen molar-refractivity contribution in [2.75, 3.05) is 13.1 Å². The van der Waals surface area contributed by atoms with Crippen molar-refractivity contribution >= 4 is 22.9 Å². The second-order valence-corrected chi connectivity index (χ2v) is 4.39. The van der Waals surface area contributed by atoms with E-state index >= 15 is 0 Å². The zero-order valence-electron chi connectivity index (χ0n) is 6.01. The van der Waals surface area contributed by atoms with Crippen molar-refractivity contribution in [3.63, 3.8) is 0 Å². The Balaban J connectivity index is 2.15.